The maximum absolute atomic E-state index is 13.6. The maximum Gasteiger partial charge on any atom is 0.243 e. The van der Waals surface area contributed by atoms with Crippen LogP contribution in [0.5, 0.6) is 5.75 Å². The minimum absolute atomic E-state index is 0.114. The van der Waals surface area contributed by atoms with Crippen molar-refractivity contribution in [2.45, 2.75) is 30.7 Å². The van der Waals surface area contributed by atoms with Crippen molar-refractivity contribution >= 4 is 27.3 Å². The molecule has 180 valence electrons. The van der Waals surface area contributed by atoms with Gasteiger partial charge < -0.3 is 9.64 Å². The van der Waals surface area contributed by atoms with E-state index in [0.717, 1.165) is 11.1 Å². The molecule has 2 heterocycles. The van der Waals surface area contributed by atoms with Gasteiger partial charge in [-0.3, -0.25) is 4.79 Å². The number of amides is 1. The molecule has 4 rings (SSSR count). The topological polar surface area (TPSA) is 66.9 Å². The van der Waals surface area contributed by atoms with Gasteiger partial charge in [-0.05, 0) is 71.8 Å². The van der Waals surface area contributed by atoms with Gasteiger partial charge in [-0.1, -0.05) is 19.1 Å². The van der Waals surface area contributed by atoms with Crippen LogP contribution in [0.4, 0.5) is 4.39 Å². The number of fused-ring (bicyclic) bond motifs is 1. The summed E-state index contributed by atoms with van der Waals surface area (Å²) in [6.45, 7) is 2.30. The predicted molar refractivity (Wildman–Crippen MR) is 130 cm³/mol. The van der Waals surface area contributed by atoms with E-state index in [9.17, 15) is 17.6 Å². The van der Waals surface area contributed by atoms with E-state index in [1.807, 2.05) is 18.4 Å². The Balaban J connectivity index is 1.63. The number of halogens is 1. The lowest BCUT2D eigenvalue weighted by Crippen LogP contribution is -2.46. The standard InChI is InChI=1S/C25H27FN2O4S2/c1-3-14-27(34(30,31)21-10-8-20(32-2)9-11-21)17-24(29)28-15-12-23-22(13-16-33-23)25(28)18-4-6-19(26)7-5-18/h4-11,13,16,25H,3,12,14-15,17H2,1-2H3. The minimum atomic E-state index is -3.88. The third-order valence-corrected chi connectivity index (χ3v) is 8.81. The predicted octanol–water partition coefficient (Wildman–Crippen LogP) is 4.47. The van der Waals surface area contributed by atoms with Crippen LogP contribution in [0.15, 0.2) is 64.9 Å². The van der Waals surface area contributed by atoms with E-state index in [2.05, 4.69) is 0 Å². The van der Waals surface area contributed by atoms with Crippen molar-refractivity contribution in [3.63, 3.8) is 0 Å². The van der Waals surface area contributed by atoms with Gasteiger partial charge >= 0.3 is 0 Å². The zero-order valence-electron chi connectivity index (χ0n) is 19.1. The first-order valence-corrected chi connectivity index (χ1v) is 13.4. The van der Waals surface area contributed by atoms with Crippen LogP contribution >= 0.6 is 11.3 Å². The van der Waals surface area contributed by atoms with Gasteiger partial charge in [-0.25, -0.2) is 12.8 Å². The Hall–Kier alpha value is -2.75. The van der Waals surface area contributed by atoms with Crippen molar-refractivity contribution in [3.05, 3.63) is 81.8 Å². The van der Waals surface area contributed by atoms with Crippen LogP contribution < -0.4 is 4.74 Å². The third-order valence-electron chi connectivity index (χ3n) is 5.95. The molecule has 6 nitrogen and oxygen atoms in total. The van der Waals surface area contributed by atoms with Gasteiger partial charge in [0, 0.05) is 18.0 Å². The van der Waals surface area contributed by atoms with E-state index in [-0.39, 0.29) is 35.8 Å². The molecule has 1 aromatic heterocycles. The second-order valence-electron chi connectivity index (χ2n) is 8.10. The van der Waals surface area contributed by atoms with Crippen LogP contribution in [-0.2, 0) is 21.2 Å². The second-order valence-corrected chi connectivity index (χ2v) is 11.0. The number of carbonyl (C=O) groups is 1. The molecule has 1 atom stereocenters. The van der Waals surface area contributed by atoms with Gasteiger partial charge in [0.15, 0.2) is 0 Å². The van der Waals surface area contributed by atoms with Crippen LogP contribution in [-0.4, -0.2) is 50.3 Å². The summed E-state index contributed by atoms with van der Waals surface area (Å²) < 4.78 is 46.7. The van der Waals surface area contributed by atoms with Gasteiger partial charge in [-0.15, -0.1) is 11.3 Å². The molecule has 9 heteroatoms. The lowest BCUT2D eigenvalue weighted by molar-refractivity contribution is -0.133. The summed E-state index contributed by atoms with van der Waals surface area (Å²) in [6.07, 6.45) is 1.27. The van der Waals surface area contributed by atoms with Crippen LogP contribution in [0.2, 0.25) is 0 Å². The molecule has 0 saturated heterocycles. The molecule has 1 unspecified atom stereocenters. The number of rotatable bonds is 8. The van der Waals surface area contributed by atoms with Crippen LogP contribution in [0.1, 0.15) is 35.4 Å². The average Bonchev–Trinajstić information content (AvgIpc) is 3.32. The van der Waals surface area contributed by atoms with E-state index in [4.69, 9.17) is 4.74 Å². The first-order valence-electron chi connectivity index (χ1n) is 11.1. The lowest BCUT2D eigenvalue weighted by atomic mass is 9.93. The summed E-state index contributed by atoms with van der Waals surface area (Å²) >= 11 is 1.64. The zero-order chi connectivity index (χ0) is 24.3. The minimum Gasteiger partial charge on any atom is -0.497 e. The second kappa shape index (κ2) is 10.2. The molecule has 0 radical (unpaired) electrons. The fourth-order valence-electron chi connectivity index (χ4n) is 4.26. The monoisotopic (exact) mass is 502 g/mol. The van der Waals surface area contributed by atoms with Crippen molar-refractivity contribution < 1.29 is 22.3 Å². The Morgan fingerprint density at radius 1 is 1.15 bits per heavy atom. The van der Waals surface area contributed by atoms with Crippen molar-refractivity contribution in [2.75, 3.05) is 26.7 Å². The van der Waals surface area contributed by atoms with E-state index in [1.165, 1.54) is 40.6 Å². The molecule has 0 spiro atoms. The maximum atomic E-state index is 13.6. The smallest absolute Gasteiger partial charge is 0.243 e. The molecule has 0 N–H and O–H groups in total. The Bertz CT molecular complexity index is 1240. The first kappa shape index (κ1) is 24.4. The number of sulfonamides is 1. The molecule has 0 bridgehead atoms. The average molecular weight is 503 g/mol. The summed E-state index contributed by atoms with van der Waals surface area (Å²) in [7, 11) is -2.36. The Labute approximate surface area is 203 Å². The summed E-state index contributed by atoms with van der Waals surface area (Å²) in [5, 5.41) is 1.99. The molecule has 1 aliphatic rings. The summed E-state index contributed by atoms with van der Waals surface area (Å²) in [4.78, 5) is 16.6. The fourth-order valence-corrected chi connectivity index (χ4v) is 6.65. The van der Waals surface area contributed by atoms with Gasteiger partial charge in [0.25, 0.3) is 0 Å². The van der Waals surface area contributed by atoms with E-state index in [0.29, 0.717) is 25.1 Å². The largest absolute Gasteiger partial charge is 0.497 e. The Morgan fingerprint density at radius 2 is 1.85 bits per heavy atom. The number of ether oxygens (including phenoxy) is 1. The highest BCUT2D eigenvalue weighted by Crippen LogP contribution is 2.38. The highest BCUT2D eigenvalue weighted by molar-refractivity contribution is 7.89. The van der Waals surface area contributed by atoms with Crippen LogP contribution in [0.3, 0.4) is 0 Å². The number of nitrogens with zero attached hydrogens (tertiary/aromatic N) is 2. The summed E-state index contributed by atoms with van der Waals surface area (Å²) in [5.41, 5.74) is 1.81. The highest BCUT2D eigenvalue weighted by atomic mass is 32.2. The number of carbonyl (C=O) groups excluding carboxylic acids is 1. The van der Waals surface area contributed by atoms with Crippen molar-refractivity contribution in [1.82, 2.24) is 9.21 Å². The lowest BCUT2D eigenvalue weighted by Gasteiger charge is -2.37. The highest BCUT2D eigenvalue weighted by Gasteiger charge is 2.35. The van der Waals surface area contributed by atoms with Crippen molar-refractivity contribution in [3.8, 4) is 5.75 Å². The molecule has 3 aromatic rings. The SMILES string of the molecule is CCCN(CC(=O)N1CCc2sccc2C1c1ccc(F)cc1)S(=O)(=O)c1ccc(OC)cc1. The Morgan fingerprint density at radius 3 is 2.50 bits per heavy atom. The third kappa shape index (κ3) is 4.87. The van der Waals surface area contributed by atoms with Gasteiger partial charge in [0.05, 0.1) is 24.6 Å². The Kier molecular flexibility index (Phi) is 7.35. The number of methoxy groups -OCH3 is 1. The van der Waals surface area contributed by atoms with E-state index < -0.39 is 10.0 Å². The fraction of sp³-hybridized carbons (Fsp3) is 0.320. The molecular formula is C25H27FN2O4S2. The molecule has 1 amide bonds. The molecule has 0 aliphatic carbocycles. The normalized spacial score (nSPS) is 15.9. The van der Waals surface area contributed by atoms with E-state index >= 15 is 0 Å². The van der Waals surface area contributed by atoms with Gasteiger partial charge in [-0.2, -0.15) is 4.31 Å². The van der Waals surface area contributed by atoms with Gasteiger partial charge in [0.1, 0.15) is 11.6 Å². The molecular weight excluding hydrogens is 475 g/mol. The molecule has 0 saturated carbocycles. The number of hydrogen-bond acceptors (Lipinski definition) is 5. The first-order chi connectivity index (χ1) is 16.3. The number of thiophene rings is 1. The number of hydrogen-bond donors (Lipinski definition) is 0. The molecule has 34 heavy (non-hydrogen) atoms. The quantitative estimate of drug-likeness (QED) is 0.456. The summed E-state index contributed by atoms with van der Waals surface area (Å²) in [6, 6.07) is 13.9. The zero-order valence-corrected chi connectivity index (χ0v) is 20.7. The van der Waals surface area contributed by atoms with Crippen molar-refractivity contribution in [2.24, 2.45) is 0 Å². The van der Waals surface area contributed by atoms with E-state index in [1.54, 1.807) is 40.5 Å². The number of benzene rings is 2. The summed E-state index contributed by atoms with van der Waals surface area (Å²) in [5.74, 6) is -0.0708. The van der Waals surface area contributed by atoms with Crippen molar-refractivity contribution in [1.29, 1.82) is 0 Å². The van der Waals surface area contributed by atoms with Crippen LogP contribution in [0, 0.1) is 5.82 Å². The molecule has 1 aliphatic heterocycles. The molecule has 0 fully saturated rings. The van der Waals surface area contributed by atoms with Crippen LogP contribution in [0.25, 0.3) is 0 Å². The van der Waals surface area contributed by atoms with Gasteiger partial charge in [0.2, 0.25) is 15.9 Å². The molecule has 2 aromatic carbocycles.